The molecule has 0 amide bonds. The molecule has 8 aromatic carbocycles. The van der Waals surface area contributed by atoms with Gasteiger partial charge in [-0.05, 0) is 46.5 Å². The highest BCUT2D eigenvalue weighted by Crippen LogP contribution is 2.45. The van der Waals surface area contributed by atoms with E-state index in [1.54, 1.807) is 0 Å². The molecular weight excluding hydrogens is 687 g/mol. The molecule has 0 N–H and O–H groups in total. The summed E-state index contributed by atoms with van der Waals surface area (Å²) in [6.07, 6.45) is 0. The highest BCUT2D eigenvalue weighted by Gasteiger charge is 2.21. The molecule has 0 saturated heterocycles. The lowest BCUT2D eigenvalue weighted by atomic mass is 9.93. The molecule has 0 fully saturated rings. The van der Waals surface area contributed by atoms with Crippen LogP contribution in [0.4, 0.5) is 0 Å². The number of nitrogens with zero attached hydrogens (tertiary/aromatic N) is 3. The van der Waals surface area contributed by atoms with Gasteiger partial charge in [-0.3, -0.25) is 0 Å². The minimum absolute atomic E-state index is 0.605. The molecule has 5 nitrogen and oxygen atoms in total. The van der Waals surface area contributed by atoms with Crippen LogP contribution in [0, 0.1) is 0 Å². The molecule has 0 aliphatic carbocycles. The van der Waals surface area contributed by atoms with E-state index in [4.69, 9.17) is 23.8 Å². The minimum Gasteiger partial charge on any atom is -0.455 e. The molecule has 5 heteroatoms. The zero-order valence-corrected chi connectivity index (χ0v) is 30.1. The molecule has 0 bridgehead atoms. The topological polar surface area (TPSA) is 65.0 Å². The van der Waals surface area contributed by atoms with Crippen LogP contribution in [0.15, 0.2) is 197 Å². The van der Waals surface area contributed by atoms with E-state index in [1.807, 2.05) is 60.7 Å². The Bertz CT molecular complexity index is 3240. The van der Waals surface area contributed by atoms with Gasteiger partial charge in [0, 0.05) is 49.4 Å². The molecule has 56 heavy (non-hydrogen) atoms. The zero-order valence-electron chi connectivity index (χ0n) is 30.1. The molecule has 3 heterocycles. The van der Waals surface area contributed by atoms with Gasteiger partial charge in [0.25, 0.3) is 0 Å². The van der Waals surface area contributed by atoms with Gasteiger partial charge >= 0.3 is 0 Å². The van der Waals surface area contributed by atoms with Crippen molar-refractivity contribution in [2.24, 2.45) is 0 Å². The van der Waals surface area contributed by atoms with Gasteiger partial charge in [-0.1, -0.05) is 164 Å². The maximum Gasteiger partial charge on any atom is 0.164 e. The van der Waals surface area contributed by atoms with Gasteiger partial charge in [-0.2, -0.15) is 0 Å². The van der Waals surface area contributed by atoms with Gasteiger partial charge in [0.2, 0.25) is 0 Å². The summed E-state index contributed by atoms with van der Waals surface area (Å²) in [5.74, 6) is 1.85. The molecule has 11 rings (SSSR count). The normalized spacial score (nSPS) is 11.6. The van der Waals surface area contributed by atoms with E-state index in [0.29, 0.717) is 17.5 Å². The lowest BCUT2D eigenvalue weighted by Gasteiger charge is -2.11. The van der Waals surface area contributed by atoms with Crippen molar-refractivity contribution in [1.82, 2.24) is 15.0 Å². The van der Waals surface area contributed by atoms with Crippen LogP contribution in [0.25, 0.3) is 111 Å². The number of hydrogen-bond donors (Lipinski definition) is 0. The van der Waals surface area contributed by atoms with Crippen molar-refractivity contribution >= 4 is 43.9 Å². The van der Waals surface area contributed by atoms with Crippen molar-refractivity contribution in [2.75, 3.05) is 0 Å². The third-order valence-electron chi connectivity index (χ3n) is 10.6. The fourth-order valence-electron chi connectivity index (χ4n) is 7.86. The summed E-state index contributed by atoms with van der Waals surface area (Å²) in [6.45, 7) is 0. The Morgan fingerprint density at radius 1 is 0.286 bits per heavy atom. The van der Waals surface area contributed by atoms with Gasteiger partial charge in [0.15, 0.2) is 17.5 Å². The second-order valence-corrected chi connectivity index (χ2v) is 13.9. The first-order valence-electron chi connectivity index (χ1n) is 18.7. The first kappa shape index (κ1) is 31.9. The molecule has 0 aliphatic rings. The van der Waals surface area contributed by atoms with Crippen LogP contribution in [0.3, 0.4) is 0 Å². The SMILES string of the molecule is c1ccc(-c2cccc(-c3nc(-c4ccccc4)nc(-c4ccc(-c5ccc(-c6cccc7c6oc6ccccc67)c6c5oc5ccccc56)cc4)n3)c2)cc1. The van der Waals surface area contributed by atoms with Crippen molar-refractivity contribution in [1.29, 1.82) is 0 Å². The van der Waals surface area contributed by atoms with Crippen LogP contribution >= 0.6 is 0 Å². The van der Waals surface area contributed by atoms with Crippen molar-refractivity contribution in [3.05, 3.63) is 188 Å². The molecule has 0 atom stereocenters. The summed E-state index contributed by atoms with van der Waals surface area (Å²) < 4.78 is 13.2. The first-order valence-corrected chi connectivity index (χ1v) is 18.7. The predicted molar refractivity (Wildman–Crippen MR) is 227 cm³/mol. The van der Waals surface area contributed by atoms with Gasteiger partial charge < -0.3 is 8.83 Å². The van der Waals surface area contributed by atoms with Crippen LogP contribution in [0.1, 0.15) is 0 Å². The molecule has 262 valence electrons. The number of aromatic nitrogens is 3. The maximum absolute atomic E-state index is 6.69. The van der Waals surface area contributed by atoms with Crippen molar-refractivity contribution < 1.29 is 8.83 Å². The Morgan fingerprint density at radius 2 is 0.786 bits per heavy atom. The summed E-state index contributed by atoms with van der Waals surface area (Å²) in [5.41, 5.74) is 12.5. The number of benzene rings is 8. The van der Waals surface area contributed by atoms with Gasteiger partial charge in [-0.25, -0.2) is 15.0 Å². The number of fused-ring (bicyclic) bond motifs is 6. The third kappa shape index (κ3) is 5.37. The molecule has 3 aromatic heterocycles. The maximum atomic E-state index is 6.69. The molecule has 0 unspecified atom stereocenters. The minimum atomic E-state index is 0.605. The van der Waals surface area contributed by atoms with E-state index >= 15 is 0 Å². The van der Waals surface area contributed by atoms with Crippen LogP contribution in [0.5, 0.6) is 0 Å². The van der Waals surface area contributed by atoms with Crippen molar-refractivity contribution in [3.8, 4) is 67.5 Å². The van der Waals surface area contributed by atoms with Crippen molar-refractivity contribution in [3.63, 3.8) is 0 Å². The average Bonchev–Trinajstić information content (AvgIpc) is 3.86. The zero-order chi connectivity index (χ0) is 37.0. The summed E-state index contributed by atoms with van der Waals surface area (Å²) in [4.78, 5) is 15.0. The van der Waals surface area contributed by atoms with Crippen LogP contribution in [0.2, 0.25) is 0 Å². The molecule has 11 aromatic rings. The Hall–Kier alpha value is -7.63. The molecule has 0 saturated carbocycles. The smallest absolute Gasteiger partial charge is 0.164 e. The van der Waals surface area contributed by atoms with E-state index in [0.717, 1.165) is 93.9 Å². The number of furan rings is 2. The largest absolute Gasteiger partial charge is 0.455 e. The summed E-state index contributed by atoms with van der Waals surface area (Å²) in [7, 11) is 0. The van der Waals surface area contributed by atoms with E-state index in [-0.39, 0.29) is 0 Å². The van der Waals surface area contributed by atoms with E-state index < -0.39 is 0 Å². The first-order chi connectivity index (χ1) is 27.7. The monoisotopic (exact) mass is 717 g/mol. The Labute approximate surface area is 322 Å². The number of para-hydroxylation sites is 3. The fraction of sp³-hybridized carbons (Fsp3) is 0. The molecule has 0 aliphatic heterocycles. The molecular formula is C51H31N3O2. The van der Waals surface area contributed by atoms with Gasteiger partial charge in [0.1, 0.15) is 22.3 Å². The summed E-state index contributed by atoms with van der Waals surface area (Å²) >= 11 is 0. The molecule has 0 radical (unpaired) electrons. The third-order valence-corrected chi connectivity index (χ3v) is 10.6. The summed E-state index contributed by atoms with van der Waals surface area (Å²) in [5, 5.41) is 4.32. The Balaban J connectivity index is 1.03. The van der Waals surface area contributed by atoms with Crippen molar-refractivity contribution in [2.45, 2.75) is 0 Å². The van der Waals surface area contributed by atoms with E-state index in [9.17, 15) is 0 Å². The Morgan fingerprint density at radius 3 is 1.54 bits per heavy atom. The molecule has 0 spiro atoms. The quantitative estimate of drug-likeness (QED) is 0.171. The Kier molecular flexibility index (Phi) is 7.42. The average molecular weight is 718 g/mol. The lowest BCUT2D eigenvalue weighted by molar-refractivity contribution is 0.669. The number of hydrogen-bond acceptors (Lipinski definition) is 5. The van der Waals surface area contributed by atoms with Crippen LogP contribution < -0.4 is 0 Å². The predicted octanol–water partition coefficient (Wildman–Crippen LogP) is 13.7. The van der Waals surface area contributed by atoms with Gasteiger partial charge in [0.05, 0.1) is 0 Å². The second-order valence-electron chi connectivity index (χ2n) is 13.9. The van der Waals surface area contributed by atoms with E-state index in [2.05, 4.69) is 127 Å². The lowest BCUT2D eigenvalue weighted by Crippen LogP contribution is -2.00. The standard InChI is InChI=1S/C51H31N3O2/c1-3-13-32(14-4-1)36-17-11-18-37(31-36)51-53-49(34-15-5-2-6-16-34)52-50(54-51)35-27-25-33(26-28-35)38-29-30-40(46-43-20-8-10-24-45(43)56-48(38)46)42-22-12-21-41-39-19-7-9-23-44(39)55-47(41)42/h1-31H. The number of rotatable bonds is 6. The van der Waals surface area contributed by atoms with Crippen LogP contribution in [-0.4, -0.2) is 15.0 Å². The van der Waals surface area contributed by atoms with E-state index in [1.165, 1.54) is 0 Å². The van der Waals surface area contributed by atoms with Crippen LogP contribution in [-0.2, 0) is 0 Å². The van der Waals surface area contributed by atoms with Gasteiger partial charge in [-0.15, -0.1) is 0 Å². The highest BCUT2D eigenvalue weighted by molar-refractivity contribution is 6.19. The second kappa shape index (κ2) is 13.0. The summed E-state index contributed by atoms with van der Waals surface area (Å²) in [6, 6.07) is 64.4. The fourth-order valence-corrected chi connectivity index (χ4v) is 7.86. The highest BCUT2D eigenvalue weighted by atomic mass is 16.3.